The van der Waals surface area contributed by atoms with Gasteiger partial charge in [-0.2, -0.15) is 0 Å². The van der Waals surface area contributed by atoms with Crippen LogP contribution < -0.4 is 5.32 Å². The van der Waals surface area contributed by atoms with Gasteiger partial charge in [0, 0.05) is 33.6 Å². The lowest BCUT2D eigenvalue weighted by molar-refractivity contribution is 0.691. The van der Waals surface area contributed by atoms with Crippen LogP contribution in [0.3, 0.4) is 0 Å². The van der Waals surface area contributed by atoms with Crippen molar-refractivity contribution < 1.29 is 0 Å². The minimum absolute atomic E-state index is 0.678. The SMILES string of the molecule is Clc1ccc(CCNCc2c(Cl)cccc2Cl)s1. The standard InChI is InChI=1S/C13H12Cl3NS/c14-11-2-1-3-12(15)10(11)8-17-7-6-9-4-5-13(16)18-9/h1-5,17H,6-8H2. The summed E-state index contributed by atoms with van der Waals surface area (Å²) in [4.78, 5) is 1.28. The second kappa shape index (κ2) is 6.78. The van der Waals surface area contributed by atoms with Crippen molar-refractivity contribution in [1.29, 1.82) is 0 Å². The van der Waals surface area contributed by atoms with E-state index in [9.17, 15) is 0 Å². The maximum Gasteiger partial charge on any atom is 0.0931 e. The number of halogens is 3. The van der Waals surface area contributed by atoms with E-state index in [-0.39, 0.29) is 0 Å². The molecule has 0 aliphatic carbocycles. The Hall–Kier alpha value is -0.250. The lowest BCUT2D eigenvalue weighted by atomic mass is 10.2. The number of nitrogens with one attached hydrogen (secondary N) is 1. The molecule has 18 heavy (non-hydrogen) atoms. The van der Waals surface area contributed by atoms with E-state index < -0.39 is 0 Å². The first-order chi connectivity index (χ1) is 8.66. The predicted molar refractivity (Wildman–Crippen MR) is 81.2 cm³/mol. The Bertz CT molecular complexity index is 504. The number of hydrogen-bond donors (Lipinski definition) is 1. The summed E-state index contributed by atoms with van der Waals surface area (Å²) in [5.41, 5.74) is 0.949. The van der Waals surface area contributed by atoms with Crippen LogP contribution in [-0.4, -0.2) is 6.54 Å². The van der Waals surface area contributed by atoms with Crippen molar-refractivity contribution in [2.75, 3.05) is 6.54 Å². The highest BCUT2D eigenvalue weighted by Crippen LogP contribution is 2.24. The van der Waals surface area contributed by atoms with Gasteiger partial charge in [-0.1, -0.05) is 40.9 Å². The van der Waals surface area contributed by atoms with Gasteiger partial charge < -0.3 is 5.32 Å². The summed E-state index contributed by atoms with van der Waals surface area (Å²) in [6.07, 6.45) is 0.958. The van der Waals surface area contributed by atoms with E-state index in [1.165, 1.54) is 4.88 Å². The van der Waals surface area contributed by atoms with E-state index >= 15 is 0 Å². The molecule has 0 bridgehead atoms. The second-order valence-electron chi connectivity index (χ2n) is 3.83. The summed E-state index contributed by atoms with van der Waals surface area (Å²) in [7, 11) is 0. The molecule has 5 heteroatoms. The maximum atomic E-state index is 6.09. The van der Waals surface area contributed by atoms with Crippen LogP contribution in [0.2, 0.25) is 14.4 Å². The van der Waals surface area contributed by atoms with Crippen LogP contribution in [0.5, 0.6) is 0 Å². The van der Waals surface area contributed by atoms with Crippen LogP contribution >= 0.6 is 46.1 Å². The van der Waals surface area contributed by atoms with E-state index in [0.29, 0.717) is 16.6 Å². The smallest absolute Gasteiger partial charge is 0.0931 e. The average Bonchev–Trinajstić information content (AvgIpc) is 2.73. The van der Waals surface area contributed by atoms with Gasteiger partial charge in [0.2, 0.25) is 0 Å². The maximum absolute atomic E-state index is 6.09. The zero-order valence-corrected chi connectivity index (χ0v) is 12.6. The van der Waals surface area contributed by atoms with E-state index in [1.807, 2.05) is 24.3 Å². The Balaban J connectivity index is 1.82. The first kappa shape index (κ1) is 14.2. The highest BCUT2D eigenvalue weighted by Gasteiger charge is 2.04. The molecule has 0 spiro atoms. The zero-order valence-electron chi connectivity index (χ0n) is 9.55. The quantitative estimate of drug-likeness (QED) is 0.761. The largest absolute Gasteiger partial charge is 0.312 e. The third kappa shape index (κ3) is 3.87. The Kier molecular flexibility index (Phi) is 5.34. The Morgan fingerprint density at radius 2 is 1.72 bits per heavy atom. The molecule has 1 aromatic carbocycles. The number of hydrogen-bond acceptors (Lipinski definition) is 2. The van der Waals surface area contributed by atoms with Crippen LogP contribution in [0.25, 0.3) is 0 Å². The third-order valence-corrected chi connectivity index (χ3v) is 4.54. The van der Waals surface area contributed by atoms with Crippen LogP contribution in [0.4, 0.5) is 0 Å². The van der Waals surface area contributed by atoms with Crippen molar-refractivity contribution in [3.8, 4) is 0 Å². The average molecular weight is 321 g/mol. The molecule has 0 aliphatic heterocycles. The molecular weight excluding hydrogens is 309 g/mol. The van der Waals surface area contributed by atoms with Gasteiger partial charge in [-0.15, -0.1) is 11.3 Å². The molecule has 1 heterocycles. The van der Waals surface area contributed by atoms with Crippen molar-refractivity contribution in [2.45, 2.75) is 13.0 Å². The van der Waals surface area contributed by atoms with Gasteiger partial charge in [-0.3, -0.25) is 0 Å². The first-order valence-corrected chi connectivity index (χ1v) is 7.49. The fourth-order valence-electron chi connectivity index (χ4n) is 1.61. The molecular formula is C13H12Cl3NS. The number of benzene rings is 1. The molecule has 1 aromatic heterocycles. The molecule has 0 saturated heterocycles. The fraction of sp³-hybridized carbons (Fsp3) is 0.231. The molecule has 2 aromatic rings. The molecule has 0 unspecified atom stereocenters. The Morgan fingerprint density at radius 3 is 2.33 bits per heavy atom. The number of thiophene rings is 1. The molecule has 1 N–H and O–H groups in total. The molecule has 96 valence electrons. The van der Waals surface area contributed by atoms with Gasteiger partial charge >= 0.3 is 0 Å². The van der Waals surface area contributed by atoms with Crippen molar-refractivity contribution >= 4 is 46.1 Å². The monoisotopic (exact) mass is 319 g/mol. The molecule has 1 nitrogen and oxygen atoms in total. The predicted octanol–water partition coefficient (Wildman–Crippen LogP) is 5.04. The zero-order chi connectivity index (χ0) is 13.0. The number of rotatable bonds is 5. The van der Waals surface area contributed by atoms with E-state index in [2.05, 4.69) is 11.4 Å². The summed E-state index contributed by atoms with van der Waals surface area (Å²) in [6.45, 7) is 1.55. The highest BCUT2D eigenvalue weighted by molar-refractivity contribution is 7.16. The molecule has 0 radical (unpaired) electrons. The summed E-state index contributed by atoms with van der Waals surface area (Å²) < 4.78 is 0.833. The van der Waals surface area contributed by atoms with Crippen molar-refractivity contribution in [1.82, 2.24) is 5.32 Å². The summed E-state index contributed by atoms with van der Waals surface area (Å²) in [5, 5.41) is 4.74. The minimum atomic E-state index is 0.678. The van der Waals surface area contributed by atoms with Gasteiger partial charge in [0.1, 0.15) is 0 Å². The molecule has 0 fully saturated rings. The van der Waals surface area contributed by atoms with Gasteiger partial charge in [0.15, 0.2) is 0 Å². The highest BCUT2D eigenvalue weighted by atomic mass is 35.5. The normalized spacial score (nSPS) is 10.8. The minimum Gasteiger partial charge on any atom is -0.312 e. The van der Waals surface area contributed by atoms with Gasteiger partial charge in [-0.05, 0) is 30.7 Å². The van der Waals surface area contributed by atoms with Crippen LogP contribution in [0.1, 0.15) is 10.4 Å². The lowest BCUT2D eigenvalue weighted by Crippen LogP contribution is -2.16. The second-order valence-corrected chi connectivity index (χ2v) is 6.45. The van der Waals surface area contributed by atoms with Crippen molar-refractivity contribution in [2.24, 2.45) is 0 Å². The van der Waals surface area contributed by atoms with Gasteiger partial charge in [0.25, 0.3) is 0 Å². The summed E-state index contributed by atoms with van der Waals surface area (Å²) in [5.74, 6) is 0. The van der Waals surface area contributed by atoms with Gasteiger partial charge in [-0.25, -0.2) is 0 Å². The molecule has 2 rings (SSSR count). The summed E-state index contributed by atoms with van der Waals surface area (Å²) >= 11 is 19.7. The Labute approximate surface area is 126 Å². The van der Waals surface area contributed by atoms with Crippen LogP contribution in [0, 0.1) is 0 Å². The molecule has 0 aliphatic rings. The fourth-order valence-corrected chi connectivity index (χ4v) is 3.23. The summed E-state index contributed by atoms with van der Waals surface area (Å²) in [6, 6.07) is 9.53. The van der Waals surface area contributed by atoms with Crippen LogP contribution in [-0.2, 0) is 13.0 Å². The topological polar surface area (TPSA) is 12.0 Å². The first-order valence-electron chi connectivity index (χ1n) is 5.54. The van der Waals surface area contributed by atoms with E-state index in [4.69, 9.17) is 34.8 Å². The van der Waals surface area contributed by atoms with Crippen molar-refractivity contribution in [3.05, 3.63) is 55.2 Å². The molecule has 0 atom stereocenters. The van der Waals surface area contributed by atoms with E-state index in [0.717, 1.165) is 22.9 Å². The molecule has 0 amide bonds. The molecule has 0 saturated carbocycles. The van der Waals surface area contributed by atoms with Gasteiger partial charge in [0.05, 0.1) is 4.34 Å². The van der Waals surface area contributed by atoms with Crippen molar-refractivity contribution in [3.63, 3.8) is 0 Å². The third-order valence-electron chi connectivity index (χ3n) is 2.54. The Morgan fingerprint density at radius 1 is 1.00 bits per heavy atom. The van der Waals surface area contributed by atoms with Crippen LogP contribution in [0.15, 0.2) is 30.3 Å². The lowest BCUT2D eigenvalue weighted by Gasteiger charge is -2.08. The van der Waals surface area contributed by atoms with E-state index in [1.54, 1.807) is 11.3 Å².